The van der Waals surface area contributed by atoms with Crippen LogP contribution in [0, 0.1) is 10.1 Å². The third-order valence-corrected chi connectivity index (χ3v) is 3.81. The van der Waals surface area contributed by atoms with Gasteiger partial charge in [0.05, 0.1) is 28.1 Å². The van der Waals surface area contributed by atoms with E-state index in [2.05, 4.69) is 20.8 Å². The third kappa shape index (κ3) is 5.07. The zero-order chi connectivity index (χ0) is 20.6. The van der Waals surface area contributed by atoms with Crippen molar-refractivity contribution in [2.45, 2.75) is 0 Å². The molecule has 0 aliphatic rings. The number of hydrogen-bond acceptors (Lipinski definition) is 6. The van der Waals surface area contributed by atoms with E-state index in [1.807, 2.05) is 0 Å². The lowest BCUT2D eigenvalue weighted by Crippen LogP contribution is -2.21. The predicted molar refractivity (Wildman–Crippen MR) is 107 cm³/mol. The van der Waals surface area contributed by atoms with E-state index in [4.69, 9.17) is 0 Å². The lowest BCUT2D eigenvalue weighted by atomic mass is 10.1. The molecule has 0 bridgehead atoms. The average molecular weight is 389 g/mol. The minimum atomic E-state index is -0.549. The van der Waals surface area contributed by atoms with Crippen molar-refractivity contribution in [3.05, 3.63) is 99.9 Å². The number of rotatable bonds is 6. The van der Waals surface area contributed by atoms with Gasteiger partial charge in [-0.15, -0.1) is 0 Å². The molecule has 9 nitrogen and oxygen atoms in total. The van der Waals surface area contributed by atoms with Gasteiger partial charge in [0.2, 0.25) is 0 Å². The Morgan fingerprint density at radius 1 is 0.966 bits per heavy atom. The van der Waals surface area contributed by atoms with Gasteiger partial charge in [0.25, 0.3) is 17.5 Å². The van der Waals surface area contributed by atoms with Gasteiger partial charge in [-0.3, -0.25) is 24.7 Å². The number of hydrogen-bond donors (Lipinski definition) is 2. The monoisotopic (exact) mass is 389 g/mol. The number of anilines is 1. The van der Waals surface area contributed by atoms with E-state index in [9.17, 15) is 19.7 Å². The first-order valence-electron chi connectivity index (χ1n) is 8.44. The van der Waals surface area contributed by atoms with Crippen molar-refractivity contribution in [2.75, 3.05) is 5.32 Å². The second-order valence-corrected chi connectivity index (χ2v) is 5.76. The van der Waals surface area contributed by atoms with E-state index >= 15 is 0 Å². The topological polar surface area (TPSA) is 127 Å². The van der Waals surface area contributed by atoms with E-state index < -0.39 is 16.7 Å². The molecule has 29 heavy (non-hydrogen) atoms. The zero-order valence-corrected chi connectivity index (χ0v) is 15.0. The Morgan fingerprint density at radius 2 is 1.69 bits per heavy atom. The normalized spacial score (nSPS) is 10.5. The summed E-state index contributed by atoms with van der Waals surface area (Å²) in [5, 5.41) is 17.2. The maximum absolute atomic E-state index is 12.4. The van der Waals surface area contributed by atoms with Gasteiger partial charge in [0.15, 0.2) is 0 Å². The van der Waals surface area contributed by atoms with Crippen molar-refractivity contribution in [1.29, 1.82) is 0 Å². The Morgan fingerprint density at radius 3 is 2.38 bits per heavy atom. The number of nitrogens with one attached hydrogen (secondary N) is 2. The summed E-state index contributed by atoms with van der Waals surface area (Å²) in [6.07, 6.45) is 3.00. The van der Waals surface area contributed by atoms with Crippen molar-refractivity contribution < 1.29 is 14.5 Å². The minimum absolute atomic E-state index is 0.118. The van der Waals surface area contributed by atoms with Crippen molar-refractivity contribution in [3.8, 4) is 0 Å². The van der Waals surface area contributed by atoms with Crippen LogP contribution in [0.4, 0.5) is 11.4 Å². The van der Waals surface area contributed by atoms with Crippen LogP contribution in [0.5, 0.6) is 0 Å². The molecule has 0 fully saturated rings. The number of nitro benzene ring substituents is 1. The van der Waals surface area contributed by atoms with Crippen molar-refractivity contribution in [1.82, 2.24) is 10.4 Å². The van der Waals surface area contributed by atoms with Crippen LogP contribution >= 0.6 is 0 Å². The molecule has 2 N–H and O–H groups in total. The highest BCUT2D eigenvalue weighted by atomic mass is 16.6. The molecular weight excluding hydrogens is 374 g/mol. The minimum Gasteiger partial charge on any atom is -0.321 e. The Hall–Kier alpha value is -4.40. The predicted octanol–water partition coefficient (Wildman–Crippen LogP) is 3.01. The van der Waals surface area contributed by atoms with E-state index in [1.165, 1.54) is 36.5 Å². The highest BCUT2D eigenvalue weighted by Crippen LogP contribution is 2.18. The maximum atomic E-state index is 12.4. The van der Waals surface area contributed by atoms with Crippen LogP contribution in [-0.4, -0.2) is 27.9 Å². The van der Waals surface area contributed by atoms with Gasteiger partial charge in [-0.2, -0.15) is 5.10 Å². The number of para-hydroxylation sites is 1. The molecule has 0 unspecified atom stereocenters. The third-order valence-electron chi connectivity index (χ3n) is 3.81. The first-order chi connectivity index (χ1) is 14.0. The summed E-state index contributed by atoms with van der Waals surface area (Å²) in [5.41, 5.74) is 3.55. The lowest BCUT2D eigenvalue weighted by molar-refractivity contribution is -0.384. The Bertz CT molecular complexity index is 1070. The molecule has 0 radical (unpaired) electrons. The van der Waals surface area contributed by atoms with Crippen LogP contribution in [0.1, 0.15) is 26.4 Å². The molecule has 0 spiro atoms. The number of hydrazone groups is 1. The van der Waals surface area contributed by atoms with Crippen LogP contribution in [0.2, 0.25) is 0 Å². The molecule has 0 saturated carbocycles. The van der Waals surface area contributed by atoms with Crippen LogP contribution in [0.15, 0.2) is 78.0 Å². The van der Waals surface area contributed by atoms with Gasteiger partial charge >= 0.3 is 0 Å². The summed E-state index contributed by atoms with van der Waals surface area (Å²) in [6, 6.07) is 16.9. The number of carbonyl (C=O) groups excluding carboxylic acids is 2. The molecular formula is C20H15N5O4. The fourth-order valence-electron chi connectivity index (χ4n) is 2.39. The van der Waals surface area contributed by atoms with Crippen molar-refractivity contribution in [3.63, 3.8) is 0 Å². The number of aromatic nitrogens is 1. The lowest BCUT2D eigenvalue weighted by Gasteiger charge is -2.10. The molecule has 0 aliphatic carbocycles. The molecule has 144 valence electrons. The van der Waals surface area contributed by atoms with Gasteiger partial charge in [-0.1, -0.05) is 18.2 Å². The van der Waals surface area contributed by atoms with Gasteiger partial charge < -0.3 is 5.32 Å². The number of carbonyl (C=O) groups is 2. The van der Waals surface area contributed by atoms with E-state index in [0.717, 1.165) is 0 Å². The van der Waals surface area contributed by atoms with Crippen molar-refractivity contribution in [2.24, 2.45) is 5.10 Å². The quantitative estimate of drug-likeness (QED) is 0.381. The average Bonchev–Trinajstić information content (AvgIpc) is 2.75. The second-order valence-electron chi connectivity index (χ2n) is 5.76. The number of nitro groups is 1. The van der Waals surface area contributed by atoms with Gasteiger partial charge in [0, 0.05) is 23.9 Å². The smallest absolute Gasteiger partial charge is 0.273 e. The molecule has 3 rings (SSSR count). The van der Waals surface area contributed by atoms with Crippen LogP contribution < -0.4 is 10.7 Å². The summed E-state index contributed by atoms with van der Waals surface area (Å²) in [7, 11) is 0. The Balaban J connectivity index is 1.71. The van der Waals surface area contributed by atoms with Crippen LogP contribution in [0.25, 0.3) is 0 Å². The molecule has 1 heterocycles. The molecule has 1 aromatic heterocycles. The summed E-state index contributed by atoms with van der Waals surface area (Å²) in [5.74, 6) is -1.02. The molecule has 2 amide bonds. The summed E-state index contributed by atoms with van der Waals surface area (Å²) >= 11 is 0. The first kappa shape index (κ1) is 19.4. The number of nitrogens with zero attached hydrogens (tertiary/aromatic N) is 3. The number of non-ortho nitro benzene ring substituents is 1. The fraction of sp³-hybridized carbons (Fsp3) is 0. The standard InChI is InChI=1S/C20H15N5O4/c26-19(14-8-10-16(11-9-14)25(28)29)23-18-7-2-1-6-17(18)20(27)24-22-13-15-5-3-4-12-21-15/h1-13H,(H,23,26)(H,24,27)/b22-13-. The van der Waals surface area contributed by atoms with Gasteiger partial charge in [0.1, 0.15) is 0 Å². The largest absolute Gasteiger partial charge is 0.321 e. The molecule has 0 atom stereocenters. The SMILES string of the molecule is O=C(Nc1ccccc1C(=O)N/N=C\c1ccccn1)c1ccc([N+](=O)[O-])cc1. The Kier molecular flexibility index (Phi) is 6.01. The van der Waals surface area contributed by atoms with E-state index in [0.29, 0.717) is 5.69 Å². The maximum Gasteiger partial charge on any atom is 0.273 e. The number of pyridine rings is 1. The molecule has 0 saturated heterocycles. The molecule has 0 aliphatic heterocycles. The molecule has 9 heteroatoms. The van der Waals surface area contributed by atoms with Gasteiger partial charge in [-0.05, 0) is 36.4 Å². The summed E-state index contributed by atoms with van der Waals surface area (Å²) < 4.78 is 0. The highest BCUT2D eigenvalue weighted by molar-refractivity contribution is 6.09. The summed E-state index contributed by atoms with van der Waals surface area (Å²) in [4.78, 5) is 39.1. The first-order valence-corrected chi connectivity index (χ1v) is 8.44. The van der Waals surface area contributed by atoms with Crippen LogP contribution in [-0.2, 0) is 0 Å². The molecule has 2 aromatic carbocycles. The van der Waals surface area contributed by atoms with Crippen LogP contribution in [0.3, 0.4) is 0 Å². The second kappa shape index (κ2) is 9.00. The van der Waals surface area contributed by atoms with E-state index in [-0.39, 0.29) is 22.5 Å². The molecule has 3 aromatic rings. The van der Waals surface area contributed by atoms with E-state index in [1.54, 1.807) is 42.6 Å². The fourth-order valence-corrected chi connectivity index (χ4v) is 2.39. The number of benzene rings is 2. The number of amides is 2. The Labute approximate surface area is 165 Å². The highest BCUT2D eigenvalue weighted by Gasteiger charge is 2.14. The summed E-state index contributed by atoms with van der Waals surface area (Å²) in [6.45, 7) is 0. The zero-order valence-electron chi connectivity index (χ0n) is 15.0. The van der Waals surface area contributed by atoms with Crippen molar-refractivity contribution >= 4 is 29.4 Å². The van der Waals surface area contributed by atoms with Gasteiger partial charge in [-0.25, -0.2) is 5.43 Å².